The molecule has 0 unspecified atom stereocenters. The van der Waals surface area contributed by atoms with Crippen LogP contribution in [0.3, 0.4) is 0 Å². The van der Waals surface area contributed by atoms with E-state index < -0.39 is 24.5 Å². The molecule has 4 heterocycles. The molecule has 43 heavy (non-hydrogen) atoms. The Morgan fingerprint density at radius 1 is 1.00 bits per heavy atom. The van der Waals surface area contributed by atoms with Gasteiger partial charge >= 0.3 is 0 Å². The zero-order valence-corrected chi connectivity index (χ0v) is 23.8. The van der Waals surface area contributed by atoms with Crippen LogP contribution in [0, 0.1) is 0 Å². The Morgan fingerprint density at radius 3 is 2.42 bits per heavy atom. The molecule has 6 rings (SSSR count). The van der Waals surface area contributed by atoms with E-state index in [4.69, 9.17) is 14.7 Å². The number of hydrogen-bond acceptors (Lipinski definition) is 12. The summed E-state index contributed by atoms with van der Waals surface area (Å²) in [6, 6.07) is 19.3. The van der Waals surface area contributed by atoms with Gasteiger partial charge in [0.1, 0.15) is 12.2 Å². The lowest BCUT2D eigenvalue weighted by molar-refractivity contribution is -0.0384. The molecule has 2 aromatic carbocycles. The Labute approximate surface area is 247 Å². The number of rotatable bonds is 11. The molecule has 1 aliphatic rings. The Balaban J connectivity index is 1.41. The van der Waals surface area contributed by atoms with Crippen molar-refractivity contribution in [2.24, 2.45) is 0 Å². The van der Waals surface area contributed by atoms with Crippen molar-refractivity contribution in [3.05, 3.63) is 78.4 Å². The molecule has 5 aromatic rings. The highest BCUT2D eigenvalue weighted by atomic mass is 16.6. The lowest BCUT2D eigenvalue weighted by Gasteiger charge is -2.24. The van der Waals surface area contributed by atoms with Crippen LogP contribution >= 0.6 is 0 Å². The third kappa shape index (κ3) is 5.64. The standard InChI is InChI=1S/C29H34N10O4/c1-3-37(20-13-9-6-10-14-20)26-21-27(33-29(32-26)31-19(16-40)15-18-11-7-5-8-12-18)38(17-30-21)28-23(42)22(41)24(43-28)25-34-36-39(4-2)35-25/h5-14,17,19,22-24,28,40-42H,3-4,15-16H2,1-2H3,(H,31,32,33)/t19-,22-,23+,24-,28+/m0/s1. The normalized spacial score (nSPS) is 20.9. The van der Waals surface area contributed by atoms with E-state index in [2.05, 4.69) is 25.7 Å². The average Bonchev–Trinajstić information content (AvgIpc) is 3.76. The van der Waals surface area contributed by atoms with Gasteiger partial charge in [0.05, 0.1) is 25.5 Å². The van der Waals surface area contributed by atoms with Crippen molar-refractivity contribution < 1.29 is 20.1 Å². The molecule has 0 saturated carbocycles. The number of aliphatic hydroxyl groups is 3. The molecule has 14 nitrogen and oxygen atoms in total. The number of hydrogen-bond donors (Lipinski definition) is 4. The Morgan fingerprint density at radius 2 is 1.74 bits per heavy atom. The predicted octanol–water partition coefficient (Wildman–Crippen LogP) is 2.00. The number of nitrogens with one attached hydrogen (secondary N) is 1. The van der Waals surface area contributed by atoms with E-state index in [1.165, 1.54) is 11.1 Å². The fourth-order valence-corrected chi connectivity index (χ4v) is 5.25. The van der Waals surface area contributed by atoms with E-state index in [1.54, 1.807) is 4.57 Å². The predicted molar refractivity (Wildman–Crippen MR) is 157 cm³/mol. The molecule has 224 valence electrons. The molecule has 14 heteroatoms. The molecule has 1 saturated heterocycles. The number of aromatic nitrogens is 8. The third-order valence-electron chi connectivity index (χ3n) is 7.44. The van der Waals surface area contributed by atoms with Crippen molar-refractivity contribution in [1.29, 1.82) is 0 Å². The number of para-hydroxylation sites is 1. The van der Waals surface area contributed by atoms with E-state index in [1.807, 2.05) is 79.4 Å². The van der Waals surface area contributed by atoms with Crippen LogP contribution in [0.5, 0.6) is 0 Å². The minimum atomic E-state index is -1.33. The molecule has 3 aromatic heterocycles. The number of imidazole rings is 1. The second-order valence-corrected chi connectivity index (χ2v) is 10.3. The number of aliphatic hydroxyl groups excluding tert-OH is 3. The lowest BCUT2D eigenvalue weighted by Crippen LogP contribution is -2.30. The van der Waals surface area contributed by atoms with Crippen molar-refractivity contribution in [2.75, 3.05) is 23.4 Å². The van der Waals surface area contributed by atoms with Crippen molar-refractivity contribution >= 4 is 28.6 Å². The Hall–Kier alpha value is -4.50. The van der Waals surface area contributed by atoms with E-state index in [0.717, 1.165) is 11.3 Å². The smallest absolute Gasteiger partial charge is 0.227 e. The topological polar surface area (TPSA) is 172 Å². The summed E-state index contributed by atoms with van der Waals surface area (Å²) in [6.45, 7) is 4.81. The van der Waals surface area contributed by atoms with Crippen molar-refractivity contribution in [2.45, 2.75) is 57.4 Å². The average molecular weight is 587 g/mol. The molecule has 1 aliphatic heterocycles. The second kappa shape index (κ2) is 12.4. The van der Waals surface area contributed by atoms with Gasteiger partial charge in [0, 0.05) is 12.2 Å². The number of fused-ring (bicyclic) bond motifs is 1. The van der Waals surface area contributed by atoms with Crippen LogP contribution < -0.4 is 10.2 Å². The summed E-state index contributed by atoms with van der Waals surface area (Å²) in [5.74, 6) is 0.977. The zero-order chi connectivity index (χ0) is 29.9. The van der Waals surface area contributed by atoms with Crippen LogP contribution in [0.4, 0.5) is 17.5 Å². The lowest BCUT2D eigenvalue weighted by atomic mass is 10.1. The minimum Gasteiger partial charge on any atom is -0.394 e. The summed E-state index contributed by atoms with van der Waals surface area (Å²) in [5, 5.41) is 47.7. The first-order chi connectivity index (χ1) is 21.0. The van der Waals surface area contributed by atoms with Gasteiger partial charge in [0.25, 0.3) is 0 Å². The van der Waals surface area contributed by atoms with Gasteiger partial charge in [0.2, 0.25) is 11.8 Å². The molecule has 5 atom stereocenters. The van der Waals surface area contributed by atoms with E-state index >= 15 is 0 Å². The van der Waals surface area contributed by atoms with E-state index in [9.17, 15) is 15.3 Å². The summed E-state index contributed by atoms with van der Waals surface area (Å²) in [4.78, 5) is 17.7. The fourth-order valence-electron chi connectivity index (χ4n) is 5.25. The molecular formula is C29H34N10O4. The van der Waals surface area contributed by atoms with Gasteiger partial charge in [-0.25, -0.2) is 4.98 Å². The first kappa shape index (κ1) is 28.6. The molecule has 0 bridgehead atoms. The molecule has 4 N–H and O–H groups in total. The van der Waals surface area contributed by atoms with Crippen LogP contribution in [0.15, 0.2) is 67.0 Å². The second-order valence-electron chi connectivity index (χ2n) is 10.3. The van der Waals surface area contributed by atoms with Crippen molar-refractivity contribution in [1.82, 2.24) is 39.7 Å². The SMILES string of the molecule is CCN(c1ccccc1)c1nc(N[C@H](CO)Cc2ccccc2)nc2c1ncn2[C@@H]1O[C@H](c2nnn(CC)n2)[C@@H](O)[C@H]1O. The largest absolute Gasteiger partial charge is 0.394 e. The van der Waals surface area contributed by atoms with Gasteiger partial charge in [-0.15, -0.1) is 10.2 Å². The quantitative estimate of drug-likeness (QED) is 0.178. The fraction of sp³-hybridized carbons (Fsp3) is 0.379. The molecule has 1 fully saturated rings. The first-order valence-corrected chi connectivity index (χ1v) is 14.3. The minimum absolute atomic E-state index is 0.148. The molecular weight excluding hydrogens is 552 g/mol. The van der Waals surface area contributed by atoms with Gasteiger partial charge in [-0.3, -0.25) is 4.57 Å². The Kier molecular flexibility index (Phi) is 8.24. The van der Waals surface area contributed by atoms with Crippen LogP contribution in [0.1, 0.15) is 37.6 Å². The number of ether oxygens (including phenoxy) is 1. The van der Waals surface area contributed by atoms with Crippen LogP contribution in [-0.4, -0.2) is 86.4 Å². The van der Waals surface area contributed by atoms with Gasteiger partial charge in [-0.05, 0) is 43.2 Å². The van der Waals surface area contributed by atoms with E-state index in [0.29, 0.717) is 36.5 Å². The number of tetrazole rings is 1. The van der Waals surface area contributed by atoms with Crippen LogP contribution in [0.2, 0.25) is 0 Å². The highest BCUT2D eigenvalue weighted by Gasteiger charge is 2.47. The van der Waals surface area contributed by atoms with Gasteiger partial charge in [0.15, 0.2) is 29.3 Å². The number of nitrogens with zero attached hydrogens (tertiary/aromatic N) is 9. The third-order valence-corrected chi connectivity index (χ3v) is 7.44. The number of anilines is 3. The van der Waals surface area contributed by atoms with Crippen LogP contribution in [0.25, 0.3) is 11.2 Å². The van der Waals surface area contributed by atoms with Crippen molar-refractivity contribution in [3.63, 3.8) is 0 Å². The van der Waals surface area contributed by atoms with E-state index in [-0.39, 0.29) is 24.4 Å². The van der Waals surface area contributed by atoms with Gasteiger partial charge in [-0.2, -0.15) is 14.8 Å². The summed E-state index contributed by atoms with van der Waals surface area (Å²) in [5.41, 5.74) is 2.81. The molecule has 0 spiro atoms. The monoisotopic (exact) mass is 586 g/mol. The maximum absolute atomic E-state index is 11.1. The van der Waals surface area contributed by atoms with Gasteiger partial charge < -0.3 is 30.3 Å². The highest BCUT2D eigenvalue weighted by Crippen LogP contribution is 2.40. The zero-order valence-electron chi connectivity index (χ0n) is 23.8. The summed E-state index contributed by atoms with van der Waals surface area (Å²) < 4.78 is 7.70. The van der Waals surface area contributed by atoms with Gasteiger partial charge in [-0.1, -0.05) is 48.5 Å². The number of aryl methyl sites for hydroxylation is 1. The Bertz CT molecular complexity index is 1650. The highest BCUT2D eigenvalue weighted by molar-refractivity contribution is 5.87. The van der Waals surface area contributed by atoms with Crippen molar-refractivity contribution in [3.8, 4) is 0 Å². The summed E-state index contributed by atoms with van der Waals surface area (Å²) >= 11 is 0. The van der Waals surface area contributed by atoms with Crippen LogP contribution in [-0.2, 0) is 17.7 Å². The summed E-state index contributed by atoms with van der Waals surface area (Å²) in [7, 11) is 0. The molecule has 0 aliphatic carbocycles. The molecule has 0 amide bonds. The maximum atomic E-state index is 11.1. The summed E-state index contributed by atoms with van der Waals surface area (Å²) in [6.07, 6.45) is -2.62. The maximum Gasteiger partial charge on any atom is 0.227 e. The number of benzene rings is 2. The first-order valence-electron chi connectivity index (χ1n) is 14.3. The molecule has 0 radical (unpaired) electrons.